The maximum absolute atomic E-state index is 5.28. The summed E-state index contributed by atoms with van der Waals surface area (Å²) in [6.45, 7) is 4.49. The highest BCUT2D eigenvalue weighted by Gasteiger charge is 2.27. The first kappa shape index (κ1) is 13.2. The maximum Gasteiger partial charge on any atom is 0.120 e. The van der Waals surface area contributed by atoms with Crippen LogP contribution >= 0.6 is 0 Å². The van der Waals surface area contributed by atoms with E-state index in [4.69, 9.17) is 4.74 Å². The molecule has 2 rings (SSSR count). The summed E-state index contributed by atoms with van der Waals surface area (Å²) in [5.41, 5.74) is 1.44. The Morgan fingerprint density at radius 1 is 1.39 bits per heavy atom. The summed E-state index contributed by atoms with van der Waals surface area (Å²) in [6, 6.07) is 8.25. The molecule has 1 atom stereocenters. The molecule has 1 N–H and O–H groups in total. The third kappa shape index (κ3) is 3.16. The predicted octanol–water partition coefficient (Wildman–Crippen LogP) is 2.66. The van der Waals surface area contributed by atoms with E-state index in [1.165, 1.54) is 24.9 Å². The minimum atomic E-state index is 0.232. The van der Waals surface area contributed by atoms with Gasteiger partial charge in [-0.05, 0) is 38.4 Å². The molecule has 0 spiro atoms. The van der Waals surface area contributed by atoms with Gasteiger partial charge in [0.25, 0.3) is 0 Å². The highest BCUT2D eigenvalue weighted by atomic mass is 16.5. The van der Waals surface area contributed by atoms with Gasteiger partial charge in [-0.1, -0.05) is 12.5 Å². The first-order chi connectivity index (χ1) is 8.63. The molecule has 18 heavy (non-hydrogen) atoms. The number of benzene rings is 1. The molecule has 1 unspecified atom stereocenters. The van der Waals surface area contributed by atoms with E-state index in [0.29, 0.717) is 0 Å². The van der Waals surface area contributed by atoms with E-state index in [0.717, 1.165) is 18.8 Å². The summed E-state index contributed by atoms with van der Waals surface area (Å²) < 4.78 is 5.28. The molecule has 1 aromatic rings. The molecular formula is C15H24N2O. The van der Waals surface area contributed by atoms with E-state index in [1.807, 2.05) is 12.1 Å². The number of nitrogens with zero attached hydrogens (tertiary/aromatic N) is 1. The highest BCUT2D eigenvalue weighted by molar-refractivity contribution is 5.50. The van der Waals surface area contributed by atoms with Crippen LogP contribution in [-0.4, -0.2) is 32.8 Å². The van der Waals surface area contributed by atoms with Gasteiger partial charge < -0.3 is 15.0 Å². The Hall–Kier alpha value is -1.22. The smallest absolute Gasteiger partial charge is 0.120 e. The molecule has 1 aromatic carbocycles. The van der Waals surface area contributed by atoms with Crippen molar-refractivity contribution in [3.63, 3.8) is 0 Å². The maximum atomic E-state index is 5.28. The average Bonchev–Trinajstić information content (AvgIpc) is 2.39. The van der Waals surface area contributed by atoms with Gasteiger partial charge in [-0.2, -0.15) is 0 Å². The Kier molecular flexibility index (Phi) is 4.12. The van der Waals surface area contributed by atoms with Crippen molar-refractivity contribution in [3.05, 3.63) is 24.3 Å². The molecule has 1 aliphatic heterocycles. The van der Waals surface area contributed by atoms with Gasteiger partial charge in [0.2, 0.25) is 0 Å². The van der Waals surface area contributed by atoms with Crippen LogP contribution in [0.4, 0.5) is 5.69 Å². The Labute approximate surface area is 110 Å². The van der Waals surface area contributed by atoms with Crippen molar-refractivity contribution in [3.8, 4) is 5.75 Å². The van der Waals surface area contributed by atoms with Gasteiger partial charge in [-0.3, -0.25) is 0 Å². The fraction of sp³-hybridized carbons (Fsp3) is 0.600. The fourth-order valence-corrected chi connectivity index (χ4v) is 2.72. The molecule has 0 aliphatic carbocycles. The normalized spacial score (nSPS) is 23.7. The second kappa shape index (κ2) is 5.61. The molecule has 0 bridgehead atoms. The molecular weight excluding hydrogens is 224 g/mol. The van der Waals surface area contributed by atoms with Crippen molar-refractivity contribution in [1.29, 1.82) is 0 Å². The molecule has 100 valence electrons. The van der Waals surface area contributed by atoms with Gasteiger partial charge in [0, 0.05) is 30.9 Å². The number of methoxy groups -OCH3 is 1. The predicted molar refractivity (Wildman–Crippen MR) is 76.5 cm³/mol. The van der Waals surface area contributed by atoms with E-state index in [2.05, 4.69) is 36.3 Å². The number of rotatable bonds is 4. The van der Waals surface area contributed by atoms with E-state index in [1.54, 1.807) is 7.11 Å². The second-order valence-corrected chi connectivity index (χ2v) is 5.50. The molecule has 0 radical (unpaired) electrons. The Balaban J connectivity index is 2.03. The Morgan fingerprint density at radius 2 is 2.22 bits per heavy atom. The summed E-state index contributed by atoms with van der Waals surface area (Å²) in [5, 5.41) is 3.65. The topological polar surface area (TPSA) is 24.5 Å². The number of likely N-dealkylation sites (N-methyl/N-ethyl adjacent to an activating group) is 1. The summed E-state index contributed by atoms with van der Waals surface area (Å²) in [7, 11) is 3.86. The zero-order chi connectivity index (χ0) is 13.0. The second-order valence-electron chi connectivity index (χ2n) is 5.50. The SMILES string of the molecule is COc1cccc(N(C)CC2(C)CCCCN2)c1. The van der Waals surface area contributed by atoms with Crippen molar-refractivity contribution < 1.29 is 4.74 Å². The minimum Gasteiger partial charge on any atom is -0.497 e. The summed E-state index contributed by atoms with van der Waals surface area (Å²) >= 11 is 0. The number of ether oxygens (including phenoxy) is 1. The third-order valence-electron chi connectivity index (χ3n) is 3.79. The van der Waals surface area contributed by atoms with Crippen LogP contribution in [0.5, 0.6) is 5.75 Å². The van der Waals surface area contributed by atoms with E-state index >= 15 is 0 Å². The third-order valence-corrected chi connectivity index (χ3v) is 3.79. The fourth-order valence-electron chi connectivity index (χ4n) is 2.72. The minimum absolute atomic E-state index is 0.232. The number of nitrogens with one attached hydrogen (secondary N) is 1. The van der Waals surface area contributed by atoms with Crippen molar-refractivity contribution in [2.24, 2.45) is 0 Å². The van der Waals surface area contributed by atoms with Crippen LogP contribution in [0.3, 0.4) is 0 Å². The zero-order valence-electron chi connectivity index (χ0n) is 11.7. The monoisotopic (exact) mass is 248 g/mol. The number of hydrogen-bond donors (Lipinski definition) is 1. The Morgan fingerprint density at radius 3 is 2.89 bits per heavy atom. The van der Waals surface area contributed by atoms with Gasteiger partial charge >= 0.3 is 0 Å². The van der Waals surface area contributed by atoms with E-state index in [9.17, 15) is 0 Å². The summed E-state index contributed by atoms with van der Waals surface area (Å²) in [5.74, 6) is 0.918. The molecule has 1 fully saturated rings. The van der Waals surface area contributed by atoms with Gasteiger partial charge in [-0.25, -0.2) is 0 Å². The molecule has 0 aromatic heterocycles. The van der Waals surface area contributed by atoms with E-state index < -0.39 is 0 Å². The van der Waals surface area contributed by atoms with Crippen LogP contribution in [0.15, 0.2) is 24.3 Å². The number of piperidine rings is 1. The quantitative estimate of drug-likeness (QED) is 0.886. The van der Waals surface area contributed by atoms with Gasteiger partial charge in [0.1, 0.15) is 5.75 Å². The van der Waals surface area contributed by atoms with Crippen LogP contribution in [0.2, 0.25) is 0 Å². The zero-order valence-corrected chi connectivity index (χ0v) is 11.7. The van der Waals surface area contributed by atoms with Crippen LogP contribution < -0.4 is 15.0 Å². The van der Waals surface area contributed by atoms with E-state index in [-0.39, 0.29) is 5.54 Å². The average molecular weight is 248 g/mol. The number of anilines is 1. The van der Waals surface area contributed by atoms with Crippen LogP contribution in [-0.2, 0) is 0 Å². The molecule has 0 saturated carbocycles. The van der Waals surface area contributed by atoms with Gasteiger partial charge in [0.05, 0.1) is 7.11 Å². The lowest BCUT2D eigenvalue weighted by molar-refractivity contribution is 0.283. The lowest BCUT2D eigenvalue weighted by Crippen LogP contribution is -2.53. The lowest BCUT2D eigenvalue weighted by Gasteiger charge is -2.38. The van der Waals surface area contributed by atoms with Crippen molar-refractivity contribution in [2.45, 2.75) is 31.7 Å². The van der Waals surface area contributed by atoms with Crippen LogP contribution in [0, 0.1) is 0 Å². The van der Waals surface area contributed by atoms with Crippen molar-refractivity contribution >= 4 is 5.69 Å². The summed E-state index contributed by atoms with van der Waals surface area (Å²) in [6.07, 6.45) is 3.88. The molecule has 0 amide bonds. The molecule has 1 heterocycles. The van der Waals surface area contributed by atoms with Crippen molar-refractivity contribution in [1.82, 2.24) is 5.32 Å². The Bertz CT molecular complexity index is 386. The van der Waals surface area contributed by atoms with Crippen LogP contribution in [0.25, 0.3) is 0 Å². The lowest BCUT2D eigenvalue weighted by atomic mass is 9.90. The molecule has 1 aliphatic rings. The highest BCUT2D eigenvalue weighted by Crippen LogP contribution is 2.24. The van der Waals surface area contributed by atoms with Gasteiger partial charge in [0.15, 0.2) is 0 Å². The first-order valence-corrected chi connectivity index (χ1v) is 6.73. The summed E-state index contributed by atoms with van der Waals surface area (Å²) in [4.78, 5) is 2.31. The largest absolute Gasteiger partial charge is 0.497 e. The molecule has 3 nitrogen and oxygen atoms in total. The molecule has 3 heteroatoms. The first-order valence-electron chi connectivity index (χ1n) is 6.73. The molecule has 1 saturated heterocycles. The van der Waals surface area contributed by atoms with Crippen LogP contribution in [0.1, 0.15) is 26.2 Å². The van der Waals surface area contributed by atoms with Gasteiger partial charge in [-0.15, -0.1) is 0 Å². The number of hydrogen-bond acceptors (Lipinski definition) is 3. The van der Waals surface area contributed by atoms with Crippen molar-refractivity contribution in [2.75, 3.05) is 32.1 Å². The standard InChI is InChI=1S/C15H24N2O/c1-15(9-4-5-10-16-15)12-17(2)13-7-6-8-14(11-13)18-3/h6-8,11,16H,4-5,9-10,12H2,1-3H3.